The largest absolute Gasteiger partial charge is 0.346 e. The summed E-state index contributed by atoms with van der Waals surface area (Å²) in [5.41, 5.74) is 0.784. The van der Waals surface area contributed by atoms with E-state index in [4.69, 9.17) is 4.84 Å². The Morgan fingerprint density at radius 1 is 1.24 bits per heavy atom. The standard InChI is InChI=1S/C13H14N2O2/c16-13(14-10-4-2-1-3-5-10)15-11-6-8-12(17-15)9-7-11/h1-6,8,11-12H,7,9H2,(H,14,16)/t11-,12+/m1/s1. The van der Waals surface area contributed by atoms with Gasteiger partial charge in [-0.15, -0.1) is 0 Å². The van der Waals surface area contributed by atoms with E-state index >= 15 is 0 Å². The third-order valence-electron chi connectivity index (χ3n) is 3.07. The van der Waals surface area contributed by atoms with Crippen LogP contribution in [0.1, 0.15) is 12.8 Å². The van der Waals surface area contributed by atoms with Crippen molar-refractivity contribution in [1.29, 1.82) is 0 Å². The van der Waals surface area contributed by atoms with Gasteiger partial charge in [0.05, 0.1) is 6.04 Å². The molecule has 2 heterocycles. The fraction of sp³-hybridized carbons (Fsp3) is 0.308. The highest BCUT2D eigenvalue weighted by atomic mass is 16.7. The average molecular weight is 230 g/mol. The highest BCUT2D eigenvalue weighted by Gasteiger charge is 2.34. The number of carbonyl (C=O) groups is 1. The lowest BCUT2D eigenvalue weighted by atomic mass is 9.98. The van der Waals surface area contributed by atoms with Gasteiger partial charge in [0, 0.05) is 5.69 Å². The number of hydrogen-bond acceptors (Lipinski definition) is 2. The number of hydroxylamine groups is 2. The second kappa shape index (κ2) is 4.22. The molecule has 2 amide bonds. The van der Waals surface area contributed by atoms with Gasteiger partial charge >= 0.3 is 6.03 Å². The Labute approximate surface area is 99.8 Å². The summed E-state index contributed by atoms with van der Waals surface area (Å²) < 4.78 is 0. The summed E-state index contributed by atoms with van der Waals surface area (Å²) in [6.07, 6.45) is 6.10. The maximum Gasteiger partial charge on any atom is 0.346 e. The summed E-state index contributed by atoms with van der Waals surface area (Å²) in [7, 11) is 0. The van der Waals surface area contributed by atoms with Crippen molar-refractivity contribution < 1.29 is 9.63 Å². The van der Waals surface area contributed by atoms with E-state index in [-0.39, 0.29) is 18.2 Å². The van der Waals surface area contributed by atoms with E-state index in [0.29, 0.717) is 0 Å². The molecule has 4 nitrogen and oxygen atoms in total. The van der Waals surface area contributed by atoms with Crippen LogP contribution in [0.2, 0.25) is 0 Å². The molecule has 1 fully saturated rings. The van der Waals surface area contributed by atoms with E-state index in [0.717, 1.165) is 18.5 Å². The van der Waals surface area contributed by atoms with Crippen LogP contribution in [0.15, 0.2) is 42.5 Å². The van der Waals surface area contributed by atoms with Gasteiger partial charge in [-0.05, 0) is 25.0 Å². The fourth-order valence-corrected chi connectivity index (χ4v) is 2.19. The molecule has 1 N–H and O–H groups in total. The van der Waals surface area contributed by atoms with E-state index in [2.05, 4.69) is 5.32 Å². The number of urea groups is 1. The number of fused-ring (bicyclic) bond motifs is 2. The molecule has 0 saturated carbocycles. The van der Waals surface area contributed by atoms with Crippen molar-refractivity contribution in [1.82, 2.24) is 5.06 Å². The number of rotatable bonds is 1. The van der Waals surface area contributed by atoms with Gasteiger partial charge in [0.1, 0.15) is 6.10 Å². The van der Waals surface area contributed by atoms with Crippen LogP contribution in [0.5, 0.6) is 0 Å². The molecule has 3 aliphatic rings. The van der Waals surface area contributed by atoms with E-state index in [1.165, 1.54) is 5.06 Å². The SMILES string of the molecule is O=C(Nc1ccccc1)N1O[C@H]2C=C[C@@H]1CC2. The van der Waals surface area contributed by atoms with Crippen LogP contribution in [-0.2, 0) is 4.84 Å². The lowest BCUT2D eigenvalue weighted by Crippen LogP contribution is -2.50. The minimum atomic E-state index is -0.199. The Morgan fingerprint density at radius 2 is 2.06 bits per heavy atom. The molecule has 1 saturated heterocycles. The lowest BCUT2D eigenvalue weighted by Gasteiger charge is -2.39. The normalized spacial score (nSPS) is 26.0. The number of benzene rings is 1. The van der Waals surface area contributed by atoms with Gasteiger partial charge in [0.25, 0.3) is 0 Å². The van der Waals surface area contributed by atoms with Crippen molar-refractivity contribution in [2.24, 2.45) is 0 Å². The minimum absolute atomic E-state index is 0.0570. The molecule has 4 rings (SSSR count). The lowest BCUT2D eigenvalue weighted by molar-refractivity contribution is -0.192. The third kappa shape index (κ3) is 2.03. The zero-order valence-electron chi connectivity index (χ0n) is 9.37. The summed E-state index contributed by atoms with van der Waals surface area (Å²) in [4.78, 5) is 17.6. The van der Waals surface area contributed by atoms with Crippen molar-refractivity contribution in [3.63, 3.8) is 0 Å². The molecular formula is C13H14N2O2. The first kappa shape index (κ1) is 10.4. The highest BCUT2D eigenvalue weighted by Crippen LogP contribution is 2.27. The highest BCUT2D eigenvalue weighted by molar-refractivity contribution is 5.89. The molecule has 0 aromatic heterocycles. The molecule has 2 atom stereocenters. The molecule has 1 aromatic carbocycles. The number of anilines is 1. The zero-order chi connectivity index (χ0) is 11.7. The van der Waals surface area contributed by atoms with E-state index in [9.17, 15) is 4.79 Å². The van der Waals surface area contributed by atoms with Gasteiger partial charge in [-0.3, -0.25) is 4.84 Å². The van der Waals surface area contributed by atoms with Gasteiger partial charge in [-0.1, -0.05) is 30.4 Å². The molecule has 88 valence electrons. The summed E-state index contributed by atoms with van der Waals surface area (Å²) in [5, 5.41) is 4.27. The van der Waals surface area contributed by atoms with Gasteiger partial charge in [0.15, 0.2) is 0 Å². The molecule has 17 heavy (non-hydrogen) atoms. The van der Waals surface area contributed by atoms with Gasteiger partial charge in [-0.2, -0.15) is 5.06 Å². The second-order valence-corrected chi connectivity index (χ2v) is 4.30. The Bertz CT molecular complexity index is 444. The van der Waals surface area contributed by atoms with Crippen molar-refractivity contribution in [3.05, 3.63) is 42.5 Å². The minimum Gasteiger partial charge on any atom is -0.306 e. The number of amides is 2. The van der Waals surface area contributed by atoms with Crippen molar-refractivity contribution in [2.75, 3.05) is 5.32 Å². The fourth-order valence-electron chi connectivity index (χ4n) is 2.19. The van der Waals surface area contributed by atoms with E-state index < -0.39 is 0 Å². The topological polar surface area (TPSA) is 41.6 Å². The monoisotopic (exact) mass is 230 g/mol. The Hall–Kier alpha value is -1.81. The maximum atomic E-state index is 12.0. The second-order valence-electron chi connectivity index (χ2n) is 4.30. The van der Waals surface area contributed by atoms with Crippen LogP contribution >= 0.6 is 0 Å². The molecule has 0 unspecified atom stereocenters. The maximum absolute atomic E-state index is 12.0. The number of para-hydroxylation sites is 1. The van der Waals surface area contributed by atoms with Gasteiger partial charge < -0.3 is 5.32 Å². The Kier molecular flexibility index (Phi) is 2.57. The van der Waals surface area contributed by atoms with E-state index in [1.807, 2.05) is 42.5 Å². The third-order valence-corrected chi connectivity index (χ3v) is 3.07. The first-order chi connectivity index (χ1) is 8.33. The first-order valence-electron chi connectivity index (χ1n) is 5.83. The number of hydrogen-bond donors (Lipinski definition) is 1. The average Bonchev–Trinajstić information content (AvgIpc) is 2.41. The van der Waals surface area contributed by atoms with Crippen LogP contribution in [-0.4, -0.2) is 23.2 Å². The summed E-state index contributed by atoms with van der Waals surface area (Å²) in [6, 6.07) is 9.28. The predicted molar refractivity (Wildman–Crippen MR) is 64.3 cm³/mol. The zero-order valence-corrected chi connectivity index (χ0v) is 9.37. The number of carbonyl (C=O) groups excluding carboxylic acids is 1. The quantitative estimate of drug-likeness (QED) is 0.753. The van der Waals surface area contributed by atoms with Crippen LogP contribution in [0.3, 0.4) is 0 Å². The molecule has 1 aliphatic carbocycles. The molecule has 2 bridgehead atoms. The van der Waals surface area contributed by atoms with Crippen molar-refractivity contribution >= 4 is 11.7 Å². The molecule has 2 aliphatic heterocycles. The van der Waals surface area contributed by atoms with Gasteiger partial charge in [0.2, 0.25) is 0 Å². The van der Waals surface area contributed by atoms with Crippen molar-refractivity contribution in [2.45, 2.75) is 25.0 Å². The smallest absolute Gasteiger partial charge is 0.306 e. The molecule has 0 spiro atoms. The first-order valence-corrected chi connectivity index (χ1v) is 5.83. The molecule has 0 radical (unpaired) electrons. The van der Waals surface area contributed by atoms with Crippen LogP contribution in [0.4, 0.5) is 10.5 Å². The molecular weight excluding hydrogens is 216 g/mol. The van der Waals surface area contributed by atoms with Crippen LogP contribution in [0.25, 0.3) is 0 Å². The van der Waals surface area contributed by atoms with Crippen LogP contribution < -0.4 is 5.32 Å². The summed E-state index contributed by atoms with van der Waals surface area (Å²) in [5.74, 6) is 0. The molecule has 1 aromatic rings. The van der Waals surface area contributed by atoms with Gasteiger partial charge in [-0.25, -0.2) is 4.79 Å². The summed E-state index contributed by atoms with van der Waals surface area (Å²) in [6.45, 7) is 0. The predicted octanol–water partition coefficient (Wildman–Crippen LogP) is 2.55. The summed E-state index contributed by atoms with van der Waals surface area (Å²) >= 11 is 0. The van der Waals surface area contributed by atoms with E-state index in [1.54, 1.807) is 0 Å². The van der Waals surface area contributed by atoms with Crippen LogP contribution in [0, 0.1) is 0 Å². The number of nitrogens with zero attached hydrogens (tertiary/aromatic N) is 1. The molecule has 4 heteroatoms. The Balaban J connectivity index is 1.70. The Morgan fingerprint density at radius 3 is 2.65 bits per heavy atom. The van der Waals surface area contributed by atoms with Crippen molar-refractivity contribution in [3.8, 4) is 0 Å². The number of nitrogens with one attached hydrogen (secondary N) is 1.